The lowest BCUT2D eigenvalue weighted by atomic mass is 10.0. The van der Waals surface area contributed by atoms with Gasteiger partial charge in [0.15, 0.2) is 11.8 Å². The van der Waals surface area contributed by atoms with Crippen molar-refractivity contribution in [3.05, 3.63) is 20.8 Å². The maximum Gasteiger partial charge on any atom is 0.272 e. The summed E-state index contributed by atoms with van der Waals surface area (Å²) in [4.78, 5) is 30.6. The molecular formula is C13H13Br2N5O2. The summed E-state index contributed by atoms with van der Waals surface area (Å²) in [5.41, 5.74) is -0.000972. The van der Waals surface area contributed by atoms with Crippen molar-refractivity contribution in [2.45, 2.75) is 31.6 Å². The number of amides is 2. The number of carbonyl (C=O) groups excluding carboxylic acids is 2. The van der Waals surface area contributed by atoms with Gasteiger partial charge in [-0.05, 0) is 50.8 Å². The van der Waals surface area contributed by atoms with E-state index in [-0.39, 0.29) is 18.0 Å². The zero-order valence-electron chi connectivity index (χ0n) is 11.7. The van der Waals surface area contributed by atoms with Crippen LogP contribution >= 0.6 is 31.9 Å². The van der Waals surface area contributed by atoms with E-state index >= 15 is 0 Å². The molecule has 9 heteroatoms. The lowest BCUT2D eigenvalue weighted by Crippen LogP contribution is -2.63. The van der Waals surface area contributed by atoms with Crippen LogP contribution in [0, 0.1) is 0 Å². The third-order valence-electron chi connectivity index (χ3n) is 4.37. The number of carbonyl (C=O) groups is 2. The van der Waals surface area contributed by atoms with Crippen molar-refractivity contribution in [2.75, 3.05) is 6.54 Å². The van der Waals surface area contributed by atoms with Gasteiger partial charge in [0.2, 0.25) is 11.9 Å². The van der Waals surface area contributed by atoms with Crippen LogP contribution in [0.5, 0.6) is 0 Å². The highest BCUT2D eigenvalue weighted by Gasteiger charge is 2.58. The molecule has 1 saturated heterocycles. The molecular weight excluding hydrogens is 418 g/mol. The fourth-order valence-corrected chi connectivity index (χ4v) is 4.47. The fraction of sp³-hybridized carbons (Fsp3) is 0.462. The molecule has 0 aromatic carbocycles. The van der Waals surface area contributed by atoms with Crippen LogP contribution in [-0.2, 0) is 4.79 Å². The van der Waals surface area contributed by atoms with E-state index in [0.29, 0.717) is 18.2 Å². The van der Waals surface area contributed by atoms with Crippen LogP contribution in [0.4, 0.5) is 0 Å². The lowest BCUT2D eigenvalue weighted by molar-refractivity contribution is -0.117. The van der Waals surface area contributed by atoms with Crippen molar-refractivity contribution < 1.29 is 9.59 Å². The highest BCUT2D eigenvalue weighted by molar-refractivity contribution is 9.13. The number of guanidine groups is 1. The Bertz CT molecular complexity index is 743. The molecule has 0 bridgehead atoms. The SMILES string of the molecule is CC(=O)NC1=NC2n3c(cc(Br)c3Br)C(=O)N3CCCC23N1. The number of aromatic nitrogens is 1. The summed E-state index contributed by atoms with van der Waals surface area (Å²) in [6.07, 6.45) is 1.39. The summed E-state index contributed by atoms with van der Waals surface area (Å²) in [6.45, 7) is 2.13. The second-order valence-corrected chi connectivity index (χ2v) is 7.29. The molecule has 0 saturated carbocycles. The van der Waals surface area contributed by atoms with Gasteiger partial charge in [0, 0.05) is 13.5 Å². The van der Waals surface area contributed by atoms with Gasteiger partial charge in [0.05, 0.1) is 4.47 Å². The third-order valence-corrected chi connectivity index (χ3v) is 6.32. The van der Waals surface area contributed by atoms with Gasteiger partial charge in [0.25, 0.3) is 5.91 Å². The Labute approximate surface area is 143 Å². The number of halogens is 2. The Morgan fingerprint density at radius 1 is 1.55 bits per heavy atom. The molecule has 1 aromatic heterocycles. The Morgan fingerprint density at radius 3 is 3.05 bits per heavy atom. The van der Waals surface area contributed by atoms with E-state index in [1.807, 2.05) is 9.47 Å². The number of nitrogens with one attached hydrogen (secondary N) is 2. The number of rotatable bonds is 0. The summed E-state index contributed by atoms with van der Waals surface area (Å²) in [5.74, 6) is 0.207. The molecule has 2 N–H and O–H groups in total. The number of hydrogen-bond donors (Lipinski definition) is 2. The Morgan fingerprint density at radius 2 is 2.32 bits per heavy atom. The van der Waals surface area contributed by atoms with Crippen molar-refractivity contribution in [1.29, 1.82) is 0 Å². The first kappa shape index (κ1) is 14.3. The van der Waals surface area contributed by atoms with E-state index < -0.39 is 5.66 Å². The van der Waals surface area contributed by atoms with E-state index in [4.69, 9.17) is 0 Å². The van der Waals surface area contributed by atoms with Crippen LogP contribution in [0.3, 0.4) is 0 Å². The molecule has 2 amide bonds. The minimum atomic E-state index is -0.594. The average Bonchev–Trinajstić information content (AvgIpc) is 3.08. The summed E-state index contributed by atoms with van der Waals surface area (Å²) in [5, 5.41) is 5.97. The predicted octanol–water partition coefficient (Wildman–Crippen LogP) is 1.55. The van der Waals surface area contributed by atoms with Crippen LogP contribution in [0.1, 0.15) is 36.4 Å². The minimum Gasteiger partial charge on any atom is -0.330 e. The smallest absolute Gasteiger partial charge is 0.272 e. The number of fused-ring (bicyclic) bond motifs is 2. The van der Waals surface area contributed by atoms with Gasteiger partial charge in [-0.15, -0.1) is 0 Å². The third kappa shape index (κ3) is 1.69. The fourth-order valence-electron chi connectivity index (χ4n) is 3.57. The first-order chi connectivity index (χ1) is 10.4. The first-order valence-electron chi connectivity index (χ1n) is 6.96. The van der Waals surface area contributed by atoms with E-state index in [1.165, 1.54) is 6.92 Å². The molecule has 3 aliphatic rings. The van der Waals surface area contributed by atoms with Gasteiger partial charge in [-0.1, -0.05) is 0 Å². The van der Waals surface area contributed by atoms with Crippen LogP contribution in [0.25, 0.3) is 0 Å². The second kappa shape index (κ2) is 4.58. The largest absolute Gasteiger partial charge is 0.330 e. The standard InChI is InChI=1S/C13H13Br2N5O2/c1-6(21)16-12-17-11-13(18-12)3-2-4-19(13)10(22)8-5-7(14)9(15)20(8)11/h5,11H,2-4H2,1H3,(H2,16,17,18,21). The molecule has 4 heterocycles. The molecule has 1 fully saturated rings. The molecule has 0 radical (unpaired) electrons. The topological polar surface area (TPSA) is 78.7 Å². The maximum absolute atomic E-state index is 12.8. The van der Waals surface area contributed by atoms with Crippen molar-refractivity contribution in [1.82, 2.24) is 20.1 Å². The summed E-state index contributed by atoms with van der Waals surface area (Å²) in [6, 6.07) is 1.81. The molecule has 3 aliphatic heterocycles. The first-order valence-corrected chi connectivity index (χ1v) is 8.54. The quantitative estimate of drug-likeness (QED) is 0.655. The Kier molecular flexibility index (Phi) is 2.96. The van der Waals surface area contributed by atoms with Gasteiger partial charge in [-0.25, -0.2) is 4.99 Å². The van der Waals surface area contributed by atoms with E-state index in [1.54, 1.807) is 6.07 Å². The monoisotopic (exact) mass is 429 g/mol. The normalized spacial score (nSPS) is 28.7. The summed E-state index contributed by atoms with van der Waals surface area (Å²) in [7, 11) is 0. The van der Waals surface area contributed by atoms with Gasteiger partial charge >= 0.3 is 0 Å². The average molecular weight is 431 g/mol. The van der Waals surface area contributed by atoms with Crippen molar-refractivity contribution in [3.8, 4) is 0 Å². The maximum atomic E-state index is 12.8. The zero-order chi connectivity index (χ0) is 15.6. The molecule has 116 valence electrons. The van der Waals surface area contributed by atoms with E-state index in [0.717, 1.165) is 21.9 Å². The summed E-state index contributed by atoms with van der Waals surface area (Å²) >= 11 is 6.98. The molecule has 22 heavy (non-hydrogen) atoms. The predicted molar refractivity (Wildman–Crippen MR) is 86.3 cm³/mol. The minimum absolute atomic E-state index is 0.0214. The molecule has 2 atom stereocenters. The van der Waals surface area contributed by atoms with Crippen LogP contribution in [-0.4, -0.2) is 39.4 Å². The van der Waals surface area contributed by atoms with Gasteiger partial charge in [0.1, 0.15) is 10.3 Å². The second-order valence-electron chi connectivity index (χ2n) is 5.68. The van der Waals surface area contributed by atoms with Crippen molar-refractivity contribution in [2.24, 2.45) is 4.99 Å². The number of aliphatic imine (C=N–C) groups is 1. The van der Waals surface area contributed by atoms with Gasteiger partial charge in [-0.3, -0.25) is 14.9 Å². The van der Waals surface area contributed by atoms with Crippen molar-refractivity contribution in [3.63, 3.8) is 0 Å². The molecule has 1 aromatic rings. The number of nitrogens with zero attached hydrogens (tertiary/aromatic N) is 3. The van der Waals surface area contributed by atoms with Crippen LogP contribution in [0.2, 0.25) is 0 Å². The molecule has 2 unspecified atom stereocenters. The van der Waals surface area contributed by atoms with Gasteiger partial charge < -0.3 is 14.8 Å². The molecule has 1 spiro atoms. The molecule has 0 aliphatic carbocycles. The van der Waals surface area contributed by atoms with Gasteiger partial charge in [-0.2, -0.15) is 0 Å². The highest BCUT2D eigenvalue weighted by Crippen LogP contribution is 2.48. The van der Waals surface area contributed by atoms with E-state index in [9.17, 15) is 9.59 Å². The van der Waals surface area contributed by atoms with Crippen LogP contribution in [0.15, 0.2) is 20.1 Å². The van der Waals surface area contributed by atoms with Crippen LogP contribution < -0.4 is 10.6 Å². The number of hydrogen-bond acceptors (Lipinski definition) is 4. The Hall–Kier alpha value is -1.35. The van der Waals surface area contributed by atoms with Crippen molar-refractivity contribution >= 4 is 49.6 Å². The lowest BCUT2D eigenvalue weighted by Gasteiger charge is -2.43. The summed E-state index contributed by atoms with van der Waals surface area (Å²) < 4.78 is 3.48. The Balaban J connectivity index is 1.89. The zero-order valence-corrected chi connectivity index (χ0v) is 14.9. The highest BCUT2D eigenvalue weighted by atomic mass is 79.9. The molecule has 7 nitrogen and oxygen atoms in total. The van der Waals surface area contributed by atoms with E-state index in [2.05, 4.69) is 47.5 Å². The molecule has 4 rings (SSSR count).